The Morgan fingerprint density at radius 2 is 1.95 bits per heavy atom. The van der Waals surface area contributed by atoms with Gasteiger partial charge in [0.2, 0.25) is 0 Å². The molecule has 0 unspecified atom stereocenters. The van der Waals surface area contributed by atoms with Crippen molar-refractivity contribution in [2.24, 2.45) is 0 Å². The van der Waals surface area contributed by atoms with Crippen molar-refractivity contribution in [3.8, 4) is 5.75 Å². The molecule has 6 nitrogen and oxygen atoms in total. The second-order valence-corrected chi connectivity index (χ2v) is 4.21. The number of nitrogens with zero attached hydrogens (tertiary/aromatic N) is 2. The van der Waals surface area contributed by atoms with Crippen LogP contribution in [0.5, 0.6) is 5.75 Å². The van der Waals surface area contributed by atoms with Crippen molar-refractivity contribution < 1.29 is 9.90 Å². The predicted octanol–water partition coefficient (Wildman–Crippen LogP) is 1.20. The lowest BCUT2D eigenvalue weighted by Gasteiger charge is -2.05. The van der Waals surface area contributed by atoms with Crippen molar-refractivity contribution in [1.29, 1.82) is 0 Å². The van der Waals surface area contributed by atoms with Gasteiger partial charge >= 0.3 is 0 Å². The topological polar surface area (TPSA) is 87.1 Å². The van der Waals surface area contributed by atoms with Gasteiger partial charge in [0.1, 0.15) is 17.3 Å². The summed E-state index contributed by atoms with van der Waals surface area (Å²) < 4.78 is 0. The summed E-state index contributed by atoms with van der Waals surface area (Å²) in [5, 5.41) is 14.8. The summed E-state index contributed by atoms with van der Waals surface area (Å²) in [5.74, 6) is 0.599. The molecule has 0 fully saturated rings. The number of phenolic OH excluding ortho intramolecular Hbond substituents is 1. The van der Waals surface area contributed by atoms with Crippen molar-refractivity contribution in [1.82, 2.24) is 15.3 Å². The summed E-state index contributed by atoms with van der Waals surface area (Å²) in [6, 6.07) is 6.89. The molecular weight excluding hydrogens is 256 g/mol. The Labute approximate surface area is 116 Å². The standard InChI is InChI=1S/C14H16N4O2/c1-15-13-9-17-12(8-18-13)14(20)16-7-6-10-2-4-11(19)5-3-10/h2-5,8-9,19H,6-7H2,1H3,(H,15,18)(H,16,20). The van der Waals surface area contributed by atoms with E-state index in [1.54, 1.807) is 19.2 Å². The Kier molecular flexibility index (Phi) is 4.49. The number of hydrogen-bond donors (Lipinski definition) is 3. The summed E-state index contributed by atoms with van der Waals surface area (Å²) >= 11 is 0. The molecule has 2 aromatic rings. The molecule has 20 heavy (non-hydrogen) atoms. The van der Waals surface area contributed by atoms with E-state index in [4.69, 9.17) is 0 Å². The molecule has 1 amide bonds. The van der Waals surface area contributed by atoms with E-state index in [9.17, 15) is 9.90 Å². The number of aromatic hydroxyl groups is 1. The van der Waals surface area contributed by atoms with Gasteiger partial charge in [-0.05, 0) is 24.1 Å². The highest BCUT2D eigenvalue weighted by atomic mass is 16.3. The van der Waals surface area contributed by atoms with Crippen molar-refractivity contribution in [3.05, 3.63) is 47.9 Å². The second kappa shape index (κ2) is 6.51. The van der Waals surface area contributed by atoms with Crippen LogP contribution in [0.3, 0.4) is 0 Å². The van der Waals surface area contributed by atoms with Crippen LogP contribution in [0.25, 0.3) is 0 Å². The van der Waals surface area contributed by atoms with Gasteiger partial charge in [0, 0.05) is 13.6 Å². The molecule has 0 radical (unpaired) electrons. The minimum Gasteiger partial charge on any atom is -0.508 e. The molecule has 1 aromatic heterocycles. The van der Waals surface area contributed by atoms with Crippen LogP contribution >= 0.6 is 0 Å². The highest BCUT2D eigenvalue weighted by Gasteiger charge is 2.07. The highest BCUT2D eigenvalue weighted by molar-refractivity contribution is 5.91. The third kappa shape index (κ3) is 3.68. The molecule has 0 saturated carbocycles. The molecule has 0 aliphatic rings. The van der Waals surface area contributed by atoms with E-state index < -0.39 is 0 Å². The molecule has 0 atom stereocenters. The Hall–Kier alpha value is -2.63. The van der Waals surface area contributed by atoms with Crippen LogP contribution in [-0.4, -0.2) is 34.6 Å². The molecule has 1 heterocycles. The first kappa shape index (κ1) is 13.8. The fourth-order valence-electron chi connectivity index (χ4n) is 1.65. The Morgan fingerprint density at radius 1 is 1.20 bits per heavy atom. The maximum atomic E-state index is 11.8. The average Bonchev–Trinajstić information content (AvgIpc) is 2.49. The molecule has 2 rings (SSSR count). The SMILES string of the molecule is CNc1cnc(C(=O)NCCc2ccc(O)cc2)cn1. The number of carbonyl (C=O) groups is 1. The number of aromatic nitrogens is 2. The number of benzene rings is 1. The van der Waals surface area contributed by atoms with Crippen molar-refractivity contribution >= 4 is 11.7 Å². The smallest absolute Gasteiger partial charge is 0.271 e. The summed E-state index contributed by atoms with van der Waals surface area (Å²) in [6.45, 7) is 0.499. The predicted molar refractivity (Wildman–Crippen MR) is 75.7 cm³/mol. The van der Waals surface area contributed by atoms with Crippen molar-refractivity contribution in [2.75, 3.05) is 18.9 Å². The van der Waals surface area contributed by atoms with Crippen molar-refractivity contribution in [3.63, 3.8) is 0 Å². The third-order valence-corrected chi connectivity index (χ3v) is 2.78. The van der Waals surface area contributed by atoms with E-state index in [0.29, 0.717) is 18.8 Å². The number of carbonyl (C=O) groups excluding carboxylic acids is 1. The summed E-state index contributed by atoms with van der Waals surface area (Å²) in [4.78, 5) is 19.9. The zero-order valence-electron chi connectivity index (χ0n) is 11.1. The first-order valence-corrected chi connectivity index (χ1v) is 6.25. The largest absolute Gasteiger partial charge is 0.508 e. The van der Waals surface area contributed by atoms with E-state index in [1.807, 2.05) is 12.1 Å². The van der Waals surface area contributed by atoms with Crippen LogP contribution in [-0.2, 0) is 6.42 Å². The molecule has 0 bridgehead atoms. The van der Waals surface area contributed by atoms with Crippen LogP contribution in [0.1, 0.15) is 16.1 Å². The van der Waals surface area contributed by atoms with Crippen LogP contribution < -0.4 is 10.6 Å². The van der Waals surface area contributed by atoms with E-state index in [1.165, 1.54) is 12.4 Å². The van der Waals surface area contributed by atoms with E-state index >= 15 is 0 Å². The fourth-order valence-corrected chi connectivity index (χ4v) is 1.65. The molecule has 104 valence electrons. The van der Waals surface area contributed by atoms with Gasteiger partial charge in [0.05, 0.1) is 12.4 Å². The maximum Gasteiger partial charge on any atom is 0.271 e. The van der Waals surface area contributed by atoms with Crippen LogP contribution in [0.15, 0.2) is 36.7 Å². The molecule has 0 aliphatic carbocycles. The Bertz CT molecular complexity index is 567. The van der Waals surface area contributed by atoms with Gasteiger partial charge < -0.3 is 15.7 Å². The monoisotopic (exact) mass is 272 g/mol. The normalized spacial score (nSPS) is 10.1. The maximum absolute atomic E-state index is 11.8. The minimum atomic E-state index is -0.251. The van der Waals surface area contributed by atoms with Crippen molar-refractivity contribution in [2.45, 2.75) is 6.42 Å². The second-order valence-electron chi connectivity index (χ2n) is 4.21. The van der Waals surface area contributed by atoms with E-state index in [2.05, 4.69) is 20.6 Å². The van der Waals surface area contributed by atoms with Gasteiger partial charge in [-0.3, -0.25) is 4.79 Å². The number of anilines is 1. The number of rotatable bonds is 5. The van der Waals surface area contributed by atoms with Crippen LogP contribution in [0, 0.1) is 0 Å². The number of nitrogens with one attached hydrogen (secondary N) is 2. The fraction of sp³-hybridized carbons (Fsp3) is 0.214. The number of phenols is 1. The van der Waals surface area contributed by atoms with Gasteiger partial charge in [-0.2, -0.15) is 0 Å². The van der Waals surface area contributed by atoms with Gasteiger partial charge in [0.25, 0.3) is 5.91 Å². The molecule has 0 aliphatic heterocycles. The Balaban J connectivity index is 1.83. The van der Waals surface area contributed by atoms with Gasteiger partial charge in [-0.1, -0.05) is 12.1 Å². The minimum absolute atomic E-state index is 0.234. The lowest BCUT2D eigenvalue weighted by atomic mass is 10.1. The summed E-state index contributed by atoms with van der Waals surface area (Å²) in [5.41, 5.74) is 1.33. The summed E-state index contributed by atoms with van der Waals surface area (Å²) in [6.07, 6.45) is 3.63. The molecule has 6 heteroatoms. The first-order chi connectivity index (χ1) is 9.69. The third-order valence-electron chi connectivity index (χ3n) is 2.78. The van der Waals surface area contributed by atoms with Gasteiger partial charge in [0.15, 0.2) is 0 Å². The van der Waals surface area contributed by atoms with E-state index in [-0.39, 0.29) is 17.4 Å². The zero-order valence-corrected chi connectivity index (χ0v) is 11.1. The molecular formula is C14H16N4O2. The molecule has 0 saturated heterocycles. The molecule has 3 N–H and O–H groups in total. The highest BCUT2D eigenvalue weighted by Crippen LogP contribution is 2.09. The van der Waals surface area contributed by atoms with Gasteiger partial charge in [-0.25, -0.2) is 9.97 Å². The summed E-state index contributed by atoms with van der Waals surface area (Å²) in [7, 11) is 1.74. The van der Waals surface area contributed by atoms with Gasteiger partial charge in [-0.15, -0.1) is 0 Å². The van der Waals surface area contributed by atoms with Crippen LogP contribution in [0.2, 0.25) is 0 Å². The lowest BCUT2D eigenvalue weighted by molar-refractivity contribution is 0.0949. The molecule has 0 spiro atoms. The first-order valence-electron chi connectivity index (χ1n) is 6.25. The van der Waals surface area contributed by atoms with E-state index in [0.717, 1.165) is 5.56 Å². The lowest BCUT2D eigenvalue weighted by Crippen LogP contribution is -2.26. The number of amides is 1. The Morgan fingerprint density at radius 3 is 2.55 bits per heavy atom. The van der Waals surface area contributed by atoms with Crippen LogP contribution in [0.4, 0.5) is 5.82 Å². The molecule has 1 aromatic carbocycles. The quantitative estimate of drug-likeness (QED) is 0.761. The zero-order chi connectivity index (χ0) is 14.4. The average molecular weight is 272 g/mol. The number of hydrogen-bond acceptors (Lipinski definition) is 5.